The van der Waals surface area contributed by atoms with Crippen LogP contribution in [0.5, 0.6) is 11.5 Å². The maximum absolute atomic E-state index is 12.2. The molecule has 0 bridgehead atoms. The van der Waals surface area contributed by atoms with Gasteiger partial charge < -0.3 is 14.0 Å². The molecule has 34 heavy (non-hydrogen) atoms. The van der Waals surface area contributed by atoms with Crippen LogP contribution in [0.15, 0.2) is 78.7 Å². The summed E-state index contributed by atoms with van der Waals surface area (Å²) >= 11 is 1.40. The Hall–Kier alpha value is -3.65. The molecule has 1 saturated carbocycles. The number of fused-ring (bicyclic) bond motifs is 1. The minimum atomic E-state index is -0.154. The van der Waals surface area contributed by atoms with E-state index in [1.54, 1.807) is 24.7 Å². The predicted molar refractivity (Wildman–Crippen MR) is 136 cm³/mol. The Bertz CT molecular complexity index is 1090. The van der Waals surface area contributed by atoms with Gasteiger partial charge in [0.2, 0.25) is 6.79 Å². The zero-order valence-electron chi connectivity index (χ0n) is 19.5. The van der Waals surface area contributed by atoms with Crippen LogP contribution in [0.25, 0.3) is 0 Å². The lowest BCUT2D eigenvalue weighted by molar-refractivity contribution is 0.101. The van der Waals surface area contributed by atoms with Crippen LogP contribution in [0.3, 0.4) is 0 Å². The summed E-state index contributed by atoms with van der Waals surface area (Å²) in [4.78, 5) is 20.2. The van der Waals surface area contributed by atoms with Crippen molar-refractivity contribution >= 4 is 22.4 Å². The van der Waals surface area contributed by atoms with Gasteiger partial charge in [-0.2, -0.15) is 0 Å². The van der Waals surface area contributed by atoms with Crippen molar-refractivity contribution in [3.63, 3.8) is 0 Å². The molecule has 0 saturated heterocycles. The number of hydrogen-bond acceptors (Lipinski definition) is 6. The number of hydrogen-bond donors (Lipinski definition) is 1. The molecule has 0 unspecified atom stereocenters. The SMILES string of the molecule is C1CC1.CC.O=C(Nc1nccs1)c1cccn1Cc1ccncc1.c1ccc2c(c1)OCO2. The van der Waals surface area contributed by atoms with E-state index in [-0.39, 0.29) is 5.91 Å². The molecule has 1 amide bonds. The number of aromatic nitrogens is 3. The zero-order chi connectivity index (χ0) is 24.0. The summed E-state index contributed by atoms with van der Waals surface area (Å²) in [5.41, 5.74) is 1.71. The van der Waals surface area contributed by atoms with Gasteiger partial charge in [0.15, 0.2) is 16.6 Å². The fourth-order valence-corrected chi connectivity index (χ4v) is 3.26. The summed E-state index contributed by atoms with van der Waals surface area (Å²) in [6.07, 6.45) is 11.5. The maximum atomic E-state index is 12.2. The number of para-hydroxylation sites is 2. The van der Waals surface area contributed by atoms with E-state index in [9.17, 15) is 4.79 Å². The highest BCUT2D eigenvalue weighted by Gasteiger charge is 2.12. The highest BCUT2D eigenvalue weighted by Crippen LogP contribution is 2.30. The second-order valence-corrected chi connectivity index (χ2v) is 7.98. The van der Waals surface area contributed by atoms with Gasteiger partial charge in [-0.05, 0) is 42.0 Å². The van der Waals surface area contributed by atoms with Gasteiger partial charge >= 0.3 is 0 Å². The second-order valence-electron chi connectivity index (χ2n) is 7.08. The number of nitrogens with zero attached hydrogens (tertiary/aromatic N) is 3. The Morgan fingerprint density at radius 2 is 1.65 bits per heavy atom. The van der Waals surface area contributed by atoms with Crippen molar-refractivity contribution in [2.24, 2.45) is 0 Å². The normalized spacial score (nSPS) is 12.1. The third kappa shape index (κ3) is 8.04. The quantitative estimate of drug-likeness (QED) is 0.375. The van der Waals surface area contributed by atoms with Crippen LogP contribution in [-0.4, -0.2) is 27.2 Å². The maximum Gasteiger partial charge on any atom is 0.274 e. The molecular weight excluding hydrogens is 448 g/mol. The van der Waals surface area contributed by atoms with Gasteiger partial charge in [-0.25, -0.2) is 4.98 Å². The van der Waals surface area contributed by atoms with Crippen LogP contribution < -0.4 is 14.8 Å². The molecule has 8 heteroatoms. The monoisotopic (exact) mass is 478 g/mol. The summed E-state index contributed by atoms with van der Waals surface area (Å²) < 4.78 is 12.1. The average molecular weight is 479 g/mol. The van der Waals surface area contributed by atoms with E-state index in [1.165, 1.54) is 30.6 Å². The van der Waals surface area contributed by atoms with Crippen LogP contribution in [0.1, 0.15) is 49.2 Å². The second kappa shape index (κ2) is 13.8. The number of pyridine rings is 1. The lowest BCUT2D eigenvalue weighted by atomic mass is 10.2. The first kappa shape index (κ1) is 25.0. The number of nitrogens with one attached hydrogen (secondary N) is 1. The molecule has 0 spiro atoms. The lowest BCUT2D eigenvalue weighted by Crippen LogP contribution is -2.17. The van der Waals surface area contributed by atoms with Crippen molar-refractivity contribution in [2.45, 2.75) is 39.7 Å². The minimum absolute atomic E-state index is 0.154. The summed E-state index contributed by atoms with van der Waals surface area (Å²) in [7, 11) is 0. The molecule has 178 valence electrons. The molecule has 6 rings (SSSR count). The molecule has 3 aromatic heterocycles. The number of carbonyl (C=O) groups excluding carboxylic acids is 1. The van der Waals surface area contributed by atoms with Gasteiger partial charge in [0.05, 0.1) is 0 Å². The van der Waals surface area contributed by atoms with Gasteiger partial charge in [-0.1, -0.05) is 45.2 Å². The summed E-state index contributed by atoms with van der Waals surface area (Å²) in [5, 5.41) is 5.21. The fraction of sp³-hybridized carbons (Fsp3) is 0.269. The molecule has 4 heterocycles. The third-order valence-corrected chi connectivity index (χ3v) is 5.14. The Kier molecular flexibility index (Phi) is 10.1. The van der Waals surface area contributed by atoms with Gasteiger partial charge in [-0.15, -0.1) is 11.3 Å². The highest BCUT2D eigenvalue weighted by atomic mass is 32.1. The molecule has 0 radical (unpaired) electrons. The molecule has 1 aromatic carbocycles. The first-order valence-corrected chi connectivity index (χ1v) is 12.3. The van der Waals surface area contributed by atoms with Gasteiger partial charge in [0.1, 0.15) is 5.69 Å². The lowest BCUT2D eigenvalue weighted by Gasteiger charge is -2.08. The average Bonchev–Trinajstić information content (AvgIpc) is 3.33. The van der Waals surface area contributed by atoms with Crippen LogP contribution in [0.4, 0.5) is 5.13 Å². The van der Waals surface area contributed by atoms with E-state index in [2.05, 4.69) is 15.3 Å². The van der Waals surface area contributed by atoms with Crippen molar-refractivity contribution in [3.8, 4) is 11.5 Å². The Morgan fingerprint density at radius 3 is 2.24 bits per heavy atom. The molecule has 7 nitrogen and oxygen atoms in total. The predicted octanol–water partition coefficient (Wildman–Crippen LogP) is 6.25. The Balaban J connectivity index is 0.000000189. The van der Waals surface area contributed by atoms with Crippen LogP contribution in [0, 0.1) is 0 Å². The van der Waals surface area contributed by atoms with E-state index in [4.69, 9.17) is 9.47 Å². The molecule has 1 N–H and O–H groups in total. The largest absolute Gasteiger partial charge is 0.454 e. The van der Waals surface area contributed by atoms with Crippen molar-refractivity contribution in [1.82, 2.24) is 14.5 Å². The van der Waals surface area contributed by atoms with Crippen molar-refractivity contribution in [3.05, 3.63) is 90.0 Å². The van der Waals surface area contributed by atoms with Crippen LogP contribution >= 0.6 is 11.3 Å². The smallest absolute Gasteiger partial charge is 0.274 e. The number of ether oxygens (including phenoxy) is 2. The van der Waals surface area contributed by atoms with Crippen molar-refractivity contribution in [2.75, 3.05) is 12.1 Å². The Morgan fingerprint density at radius 1 is 0.971 bits per heavy atom. The van der Waals surface area contributed by atoms with Crippen LogP contribution in [-0.2, 0) is 6.54 Å². The number of carbonyl (C=O) groups is 1. The number of rotatable bonds is 4. The number of amides is 1. The molecule has 0 atom stereocenters. The van der Waals surface area contributed by atoms with E-state index in [1.807, 2.05) is 72.5 Å². The molecule has 1 aliphatic heterocycles. The van der Waals surface area contributed by atoms with Crippen LogP contribution in [0.2, 0.25) is 0 Å². The summed E-state index contributed by atoms with van der Waals surface area (Å²) in [5.74, 6) is 1.54. The minimum Gasteiger partial charge on any atom is -0.454 e. The van der Waals surface area contributed by atoms with Gasteiger partial charge in [0.25, 0.3) is 5.91 Å². The first-order valence-electron chi connectivity index (χ1n) is 11.4. The Labute approximate surface area is 204 Å². The molecule has 2 aliphatic rings. The zero-order valence-corrected chi connectivity index (χ0v) is 20.3. The number of thiazole rings is 1. The fourth-order valence-electron chi connectivity index (χ4n) is 2.73. The van der Waals surface area contributed by atoms with E-state index >= 15 is 0 Å². The van der Waals surface area contributed by atoms with Crippen molar-refractivity contribution in [1.29, 1.82) is 0 Å². The number of anilines is 1. The molecular formula is C26H30N4O3S. The topological polar surface area (TPSA) is 78.3 Å². The summed E-state index contributed by atoms with van der Waals surface area (Å²) in [6.45, 7) is 5.00. The molecule has 1 aliphatic carbocycles. The highest BCUT2D eigenvalue weighted by molar-refractivity contribution is 7.13. The van der Waals surface area contributed by atoms with Gasteiger partial charge in [0, 0.05) is 36.7 Å². The standard InChI is InChI=1S/C14H12N4OS.C7H6O2.C3H6.C2H6/c19-13(17-14-16-7-9-20-14)12-2-1-8-18(12)10-11-3-5-15-6-4-11;1-2-4-7-6(3-1)8-5-9-7;1-2-3-1;1-2/h1-9H,10H2,(H,16,17,19);1-4H,5H2;1-3H2;1-2H3. The third-order valence-electron chi connectivity index (χ3n) is 4.45. The number of benzene rings is 1. The van der Waals surface area contributed by atoms with E-state index in [0.29, 0.717) is 24.2 Å². The molecule has 4 aromatic rings. The molecule has 1 fully saturated rings. The first-order chi connectivity index (χ1) is 16.8. The summed E-state index contributed by atoms with van der Waals surface area (Å²) in [6, 6.07) is 15.2. The van der Waals surface area contributed by atoms with E-state index in [0.717, 1.165) is 17.1 Å². The van der Waals surface area contributed by atoms with Gasteiger partial charge in [-0.3, -0.25) is 15.1 Å². The van der Waals surface area contributed by atoms with E-state index < -0.39 is 0 Å². The van der Waals surface area contributed by atoms with Crippen molar-refractivity contribution < 1.29 is 14.3 Å².